The van der Waals surface area contributed by atoms with Gasteiger partial charge in [-0.25, -0.2) is 13.4 Å². The first kappa shape index (κ1) is 20.7. The molecule has 0 saturated carbocycles. The molecule has 0 atom stereocenters. The van der Waals surface area contributed by atoms with Gasteiger partial charge in [-0.3, -0.25) is 9.89 Å². The van der Waals surface area contributed by atoms with Crippen molar-refractivity contribution in [2.75, 3.05) is 25.1 Å². The first-order valence-corrected chi connectivity index (χ1v) is 10.9. The number of hydrogen-bond donors (Lipinski definition) is 2. The number of halogens is 1. The van der Waals surface area contributed by atoms with Crippen molar-refractivity contribution in [3.05, 3.63) is 40.7 Å². The van der Waals surface area contributed by atoms with Crippen LogP contribution in [0.5, 0.6) is 0 Å². The number of nitrogens with one attached hydrogen (secondary N) is 2. The number of aromatic amines is 1. The fourth-order valence-corrected chi connectivity index (χ4v) is 3.58. The van der Waals surface area contributed by atoms with E-state index in [2.05, 4.69) is 20.5 Å². The molecule has 1 aromatic heterocycles. The van der Waals surface area contributed by atoms with Crippen LogP contribution in [0.3, 0.4) is 0 Å². The van der Waals surface area contributed by atoms with E-state index in [4.69, 9.17) is 11.6 Å². The molecule has 11 heteroatoms. The number of sulfonamides is 1. The van der Waals surface area contributed by atoms with Crippen LogP contribution in [0.15, 0.2) is 29.4 Å². The topological polar surface area (TPSA) is 108 Å². The summed E-state index contributed by atoms with van der Waals surface area (Å²) in [5, 5.41) is 10.6. The predicted molar refractivity (Wildman–Crippen MR) is 102 cm³/mol. The highest BCUT2D eigenvalue weighted by molar-refractivity contribution is 7.99. The Morgan fingerprint density at radius 3 is 2.62 bits per heavy atom. The minimum atomic E-state index is -3.53. The van der Waals surface area contributed by atoms with Crippen LogP contribution in [0.4, 0.5) is 0 Å². The lowest BCUT2D eigenvalue weighted by Gasteiger charge is -2.19. The zero-order valence-corrected chi connectivity index (χ0v) is 16.8. The predicted octanol–water partition coefficient (Wildman–Crippen LogP) is 1.44. The summed E-state index contributed by atoms with van der Waals surface area (Å²) in [6, 6.07) is 6.82. The molecular weight excluding hydrogens is 398 g/mol. The van der Waals surface area contributed by atoms with Gasteiger partial charge in [0.25, 0.3) is 0 Å². The van der Waals surface area contributed by atoms with Gasteiger partial charge in [0.05, 0.1) is 12.8 Å². The average Bonchev–Trinajstić information content (AvgIpc) is 2.97. The van der Waals surface area contributed by atoms with Gasteiger partial charge in [0.1, 0.15) is 5.82 Å². The van der Waals surface area contributed by atoms with Crippen molar-refractivity contribution in [2.24, 2.45) is 0 Å². The fraction of sp³-hybridized carbons (Fsp3) is 0.400. The van der Waals surface area contributed by atoms with Crippen molar-refractivity contribution in [1.29, 1.82) is 0 Å². The summed E-state index contributed by atoms with van der Waals surface area (Å²) in [5.41, 5.74) is 0.753. The molecule has 0 aliphatic carbocycles. The van der Waals surface area contributed by atoms with Gasteiger partial charge in [0.15, 0.2) is 0 Å². The van der Waals surface area contributed by atoms with Crippen LogP contribution in [0, 0.1) is 6.92 Å². The number of carbonyl (C=O) groups excluding carboxylic acids is 1. The van der Waals surface area contributed by atoms with Crippen LogP contribution in [-0.4, -0.2) is 58.9 Å². The van der Waals surface area contributed by atoms with Crippen molar-refractivity contribution in [1.82, 2.24) is 24.8 Å². The molecule has 0 spiro atoms. The van der Waals surface area contributed by atoms with Crippen LogP contribution in [0.25, 0.3) is 0 Å². The third-order valence-corrected chi connectivity index (χ3v) is 5.59. The van der Waals surface area contributed by atoms with Crippen LogP contribution in [-0.2, 0) is 21.4 Å². The Hall–Kier alpha value is -1.62. The van der Waals surface area contributed by atoms with E-state index in [9.17, 15) is 13.2 Å². The van der Waals surface area contributed by atoms with Crippen LogP contribution < -0.4 is 5.32 Å². The lowest BCUT2D eigenvalue weighted by atomic mass is 10.2. The first-order chi connectivity index (χ1) is 12.2. The fourth-order valence-electron chi connectivity index (χ4n) is 2.02. The summed E-state index contributed by atoms with van der Waals surface area (Å²) in [4.78, 5) is 16.2. The SMILES string of the molecule is Cc1nc(SCCNC(=O)CN(Cc2ccc(Cl)cc2)S(C)(=O)=O)n[nH]1. The maximum Gasteiger partial charge on any atom is 0.235 e. The number of carbonyl (C=O) groups is 1. The summed E-state index contributed by atoms with van der Waals surface area (Å²) in [6.45, 7) is 2.05. The molecule has 0 saturated heterocycles. The summed E-state index contributed by atoms with van der Waals surface area (Å²) in [6.07, 6.45) is 1.08. The molecule has 142 valence electrons. The van der Waals surface area contributed by atoms with Gasteiger partial charge in [-0.2, -0.15) is 4.31 Å². The first-order valence-electron chi connectivity index (χ1n) is 7.72. The van der Waals surface area contributed by atoms with E-state index in [-0.39, 0.29) is 19.0 Å². The highest BCUT2D eigenvalue weighted by Crippen LogP contribution is 2.13. The highest BCUT2D eigenvalue weighted by Gasteiger charge is 2.20. The largest absolute Gasteiger partial charge is 0.354 e. The number of H-pyrrole nitrogens is 1. The lowest BCUT2D eigenvalue weighted by molar-refractivity contribution is -0.121. The summed E-state index contributed by atoms with van der Waals surface area (Å²) in [5.74, 6) is 0.942. The maximum absolute atomic E-state index is 12.1. The van der Waals surface area contributed by atoms with Crippen molar-refractivity contribution in [3.8, 4) is 0 Å². The van der Waals surface area contributed by atoms with E-state index < -0.39 is 10.0 Å². The molecule has 8 nitrogen and oxygen atoms in total. The molecule has 0 aliphatic rings. The minimum absolute atomic E-state index is 0.106. The highest BCUT2D eigenvalue weighted by atomic mass is 35.5. The van der Waals surface area contributed by atoms with Crippen LogP contribution >= 0.6 is 23.4 Å². The Morgan fingerprint density at radius 1 is 1.35 bits per heavy atom. The number of rotatable bonds is 9. The number of hydrogen-bond acceptors (Lipinski definition) is 6. The summed E-state index contributed by atoms with van der Waals surface area (Å²) in [7, 11) is -3.53. The number of benzene rings is 1. The standard InChI is InChI=1S/C15H20ClN5O3S2/c1-11-18-15(20-19-11)25-8-7-17-14(22)10-21(26(2,23)24)9-12-3-5-13(16)6-4-12/h3-6H,7-10H2,1-2H3,(H,17,22)(H,18,19,20). The molecule has 26 heavy (non-hydrogen) atoms. The number of amides is 1. The number of thioether (sulfide) groups is 1. The molecule has 1 aromatic carbocycles. The molecule has 2 rings (SSSR count). The third-order valence-electron chi connectivity index (χ3n) is 3.29. The van der Waals surface area contributed by atoms with Gasteiger partial charge in [-0.1, -0.05) is 35.5 Å². The Morgan fingerprint density at radius 2 is 2.04 bits per heavy atom. The molecule has 0 unspecified atom stereocenters. The van der Waals surface area contributed by atoms with Gasteiger partial charge in [0.2, 0.25) is 21.1 Å². The Balaban J connectivity index is 1.83. The molecular formula is C15H20ClN5O3S2. The summed E-state index contributed by atoms with van der Waals surface area (Å²) < 4.78 is 25.0. The number of aromatic nitrogens is 3. The second-order valence-electron chi connectivity index (χ2n) is 5.56. The van der Waals surface area contributed by atoms with Crippen molar-refractivity contribution < 1.29 is 13.2 Å². The molecule has 0 fully saturated rings. The second-order valence-corrected chi connectivity index (χ2v) is 9.04. The molecule has 2 aromatic rings. The molecule has 1 heterocycles. The van der Waals surface area contributed by atoms with E-state index in [0.29, 0.717) is 22.5 Å². The van der Waals surface area contributed by atoms with E-state index >= 15 is 0 Å². The maximum atomic E-state index is 12.1. The van der Waals surface area contributed by atoms with Crippen molar-refractivity contribution in [2.45, 2.75) is 18.6 Å². The number of nitrogens with zero attached hydrogens (tertiary/aromatic N) is 3. The van der Waals surface area contributed by atoms with Gasteiger partial charge < -0.3 is 5.32 Å². The molecule has 2 N–H and O–H groups in total. The van der Waals surface area contributed by atoms with Gasteiger partial charge in [0, 0.05) is 23.9 Å². The molecule has 1 amide bonds. The van der Waals surface area contributed by atoms with Crippen molar-refractivity contribution in [3.63, 3.8) is 0 Å². The smallest absolute Gasteiger partial charge is 0.235 e. The third kappa shape index (κ3) is 6.94. The average molecular weight is 418 g/mol. The molecule has 0 radical (unpaired) electrons. The zero-order chi connectivity index (χ0) is 19.2. The van der Waals surface area contributed by atoms with E-state index in [1.807, 2.05) is 0 Å². The van der Waals surface area contributed by atoms with E-state index in [1.165, 1.54) is 11.8 Å². The second kappa shape index (κ2) is 9.36. The Labute approximate surface area is 161 Å². The minimum Gasteiger partial charge on any atom is -0.354 e. The van der Waals surface area contributed by atoms with E-state index in [0.717, 1.165) is 21.9 Å². The van der Waals surface area contributed by atoms with E-state index in [1.54, 1.807) is 31.2 Å². The van der Waals surface area contributed by atoms with Gasteiger partial charge >= 0.3 is 0 Å². The van der Waals surface area contributed by atoms with Crippen molar-refractivity contribution >= 4 is 39.3 Å². The molecule has 0 aliphatic heterocycles. The van der Waals surface area contributed by atoms with Crippen LogP contribution in [0.2, 0.25) is 5.02 Å². The Kier molecular flexibility index (Phi) is 7.44. The lowest BCUT2D eigenvalue weighted by Crippen LogP contribution is -2.40. The molecule has 0 bridgehead atoms. The number of aryl methyl sites for hydroxylation is 1. The van der Waals surface area contributed by atoms with Gasteiger partial charge in [-0.15, -0.1) is 5.10 Å². The Bertz CT molecular complexity index is 839. The summed E-state index contributed by atoms with van der Waals surface area (Å²) >= 11 is 7.23. The quantitative estimate of drug-likeness (QED) is 0.472. The van der Waals surface area contributed by atoms with Gasteiger partial charge in [-0.05, 0) is 24.6 Å². The monoisotopic (exact) mass is 417 g/mol. The normalized spacial score (nSPS) is 11.7. The zero-order valence-electron chi connectivity index (χ0n) is 14.4. The van der Waals surface area contributed by atoms with Crippen LogP contribution in [0.1, 0.15) is 11.4 Å².